The van der Waals surface area contributed by atoms with Crippen LogP contribution in [0.15, 0.2) is 146 Å². The first-order valence-electron chi connectivity index (χ1n) is 15.2. The van der Waals surface area contributed by atoms with Crippen LogP contribution < -0.4 is 0 Å². The second-order valence-electron chi connectivity index (χ2n) is 11.4. The molecule has 0 radical (unpaired) electrons. The van der Waals surface area contributed by atoms with Gasteiger partial charge in [0.15, 0.2) is 5.82 Å². The Morgan fingerprint density at radius 3 is 1.82 bits per heavy atom. The van der Waals surface area contributed by atoms with Crippen LogP contribution in [0.2, 0.25) is 0 Å². The number of hydrogen-bond donors (Lipinski definition) is 0. The third-order valence-corrected chi connectivity index (χ3v) is 8.86. The van der Waals surface area contributed by atoms with Crippen LogP contribution in [0.3, 0.4) is 0 Å². The summed E-state index contributed by atoms with van der Waals surface area (Å²) < 4.78 is 4.85. The monoisotopic (exact) mass is 564 g/mol. The summed E-state index contributed by atoms with van der Waals surface area (Å²) in [4.78, 5) is 10.4. The number of para-hydroxylation sites is 3. The Morgan fingerprint density at radius 2 is 1.09 bits per heavy atom. The lowest BCUT2D eigenvalue weighted by molar-refractivity contribution is 0.860. The molecule has 3 heterocycles. The van der Waals surface area contributed by atoms with Crippen molar-refractivity contribution in [3.63, 3.8) is 0 Å². The second kappa shape index (κ2) is 9.92. The fourth-order valence-corrected chi connectivity index (χ4v) is 6.99. The van der Waals surface area contributed by atoms with Gasteiger partial charge in [0.05, 0.1) is 22.4 Å². The molecule has 0 atom stereocenters. The number of nitrogens with zero attached hydrogens (tertiary/aromatic N) is 4. The minimum Gasteiger partial charge on any atom is -0.313 e. The van der Waals surface area contributed by atoms with Gasteiger partial charge in [0.25, 0.3) is 0 Å². The second-order valence-corrected chi connectivity index (χ2v) is 11.4. The van der Waals surface area contributed by atoms with Gasteiger partial charge in [-0.15, -0.1) is 0 Å². The van der Waals surface area contributed by atoms with E-state index >= 15 is 0 Å². The standard InChI is InChI=1S/C40H28N4/c1-4-14-27(15-5-1)33-26-37(42-40(41-33)28-16-6-2-7-17-28)44-34-22-12-10-20-30(34)31-24-25-36-38(39(31)44)32-21-11-13-23-35(32)43(36)29-18-8-3-9-19-29/h1-23,26H,24-25H2. The SMILES string of the molecule is c1ccc(-c2cc(-n3c4c(c5ccccc53)CCc3c-4c4ccccc4n3-c3ccccc3)nc(-c3ccccc3)n2)cc1. The van der Waals surface area contributed by atoms with E-state index in [-0.39, 0.29) is 0 Å². The molecule has 0 N–H and O–H groups in total. The first kappa shape index (κ1) is 24.8. The summed E-state index contributed by atoms with van der Waals surface area (Å²) in [5.41, 5.74) is 11.8. The van der Waals surface area contributed by atoms with Gasteiger partial charge in [-0.25, -0.2) is 9.97 Å². The maximum atomic E-state index is 5.29. The lowest BCUT2D eigenvalue weighted by Gasteiger charge is -2.20. The van der Waals surface area contributed by atoms with Crippen LogP contribution in [0.5, 0.6) is 0 Å². The summed E-state index contributed by atoms with van der Waals surface area (Å²) >= 11 is 0. The molecule has 4 nitrogen and oxygen atoms in total. The minimum atomic E-state index is 0.719. The van der Waals surface area contributed by atoms with Crippen molar-refractivity contribution in [2.45, 2.75) is 12.8 Å². The third-order valence-electron chi connectivity index (χ3n) is 8.86. The molecule has 208 valence electrons. The molecule has 0 saturated heterocycles. The van der Waals surface area contributed by atoms with E-state index in [1.807, 2.05) is 24.3 Å². The Morgan fingerprint density at radius 1 is 0.500 bits per heavy atom. The largest absolute Gasteiger partial charge is 0.313 e. The number of benzene rings is 5. The smallest absolute Gasteiger partial charge is 0.162 e. The Hall–Kier alpha value is -5.74. The summed E-state index contributed by atoms with van der Waals surface area (Å²) in [5.74, 6) is 1.59. The fourth-order valence-electron chi connectivity index (χ4n) is 6.99. The van der Waals surface area contributed by atoms with Crippen LogP contribution in [0.1, 0.15) is 11.3 Å². The van der Waals surface area contributed by atoms with Crippen LogP contribution >= 0.6 is 0 Å². The molecule has 0 spiro atoms. The quantitative estimate of drug-likeness (QED) is 0.213. The number of aromatic nitrogens is 4. The number of fused-ring (bicyclic) bond motifs is 7. The summed E-state index contributed by atoms with van der Waals surface area (Å²) in [7, 11) is 0. The molecule has 0 fully saturated rings. The Labute approximate surface area is 255 Å². The molecular weight excluding hydrogens is 536 g/mol. The zero-order chi connectivity index (χ0) is 29.0. The summed E-state index contributed by atoms with van der Waals surface area (Å²) in [6, 6.07) is 51.2. The van der Waals surface area contributed by atoms with Gasteiger partial charge in [-0.2, -0.15) is 0 Å². The van der Waals surface area contributed by atoms with Crippen LogP contribution in [0.25, 0.3) is 67.2 Å². The highest BCUT2D eigenvalue weighted by Gasteiger charge is 2.31. The average molecular weight is 565 g/mol. The van der Waals surface area contributed by atoms with E-state index in [1.54, 1.807) is 0 Å². The highest BCUT2D eigenvalue weighted by molar-refractivity contribution is 6.05. The van der Waals surface area contributed by atoms with E-state index in [9.17, 15) is 0 Å². The van der Waals surface area contributed by atoms with Gasteiger partial charge in [-0.1, -0.05) is 115 Å². The molecule has 8 aromatic rings. The van der Waals surface area contributed by atoms with Crippen molar-refractivity contribution < 1.29 is 0 Å². The molecule has 1 aliphatic carbocycles. The van der Waals surface area contributed by atoms with Crippen LogP contribution in [0, 0.1) is 0 Å². The summed E-state index contributed by atoms with van der Waals surface area (Å²) in [5, 5.41) is 2.54. The average Bonchev–Trinajstić information content (AvgIpc) is 3.62. The normalized spacial score (nSPS) is 12.4. The molecule has 9 rings (SSSR count). The molecule has 3 aromatic heterocycles. The topological polar surface area (TPSA) is 35.6 Å². The molecule has 0 aliphatic heterocycles. The van der Waals surface area contributed by atoms with Gasteiger partial charge in [0, 0.05) is 44.9 Å². The van der Waals surface area contributed by atoms with Crippen molar-refractivity contribution in [2.75, 3.05) is 0 Å². The number of hydrogen-bond acceptors (Lipinski definition) is 2. The van der Waals surface area contributed by atoms with Gasteiger partial charge >= 0.3 is 0 Å². The predicted octanol–water partition coefficient (Wildman–Crippen LogP) is 9.46. The lowest BCUT2D eigenvalue weighted by Crippen LogP contribution is -2.10. The Balaban J connectivity index is 1.39. The van der Waals surface area contributed by atoms with E-state index in [1.165, 1.54) is 50.0 Å². The first-order valence-corrected chi connectivity index (χ1v) is 15.2. The lowest BCUT2D eigenvalue weighted by atomic mass is 9.92. The van der Waals surface area contributed by atoms with Crippen molar-refractivity contribution in [3.8, 4) is 45.4 Å². The van der Waals surface area contributed by atoms with Crippen molar-refractivity contribution in [1.82, 2.24) is 19.1 Å². The Bertz CT molecular complexity index is 2260. The molecule has 4 heteroatoms. The van der Waals surface area contributed by atoms with Crippen LogP contribution in [-0.2, 0) is 12.8 Å². The molecular formula is C40H28N4. The van der Waals surface area contributed by atoms with Gasteiger partial charge in [0.2, 0.25) is 0 Å². The van der Waals surface area contributed by atoms with Crippen molar-refractivity contribution in [3.05, 3.63) is 157 Å². The molecule has 0 unspecified atom stereocenters. The third kappa shape index (κ3) is 3.78. The molecule has 44 heavy (non-hydrogen) atoms. The highest BCUT2D eigenvalue weighted by Crippen LogP contribution is 2.47. The van der Waals surface area contributed by atoms with E-state index < -0.39 is 0 Å². The van der Waals surface area contributed by atoms with Crippen LogP contribution in [-0.4, -0.2) is 19.1 Å². The number of rotatable bonds is 4. The number of aryl methyl sites for hydroxylation is 1. The van der Waals surface area contributed by atoms with Crippen molar-refractivity contribution in [1.29, 1.82) is 0 Å². The fraction of sp³-hybridized carbons (Fsp3) is 0.0500. The van der Waals surface area contributed by atoms with Gasteiger partial charge in [-0.05, 0) is 42.7 Å². The van der Waals surface area contributed by atoms with E-state index in [0.29, 0.717) is 0 Å². The maximum Gasteiger partial charge on any atom is 0.162 e. The van der Waals surface area contributed by atoms with E-state index in [4.69, 9.17) is 9.97 Å². The van der Waals surface area contributed by atoms with Crippen molar-refractivity contribution in [2.24, 2.45) is 0 Å². The molecule has 1 aliphatic rings. The minimum absolute atomic E-state index is 0.719. The molecule has 0 saturated carbocycles. The first-order chi connectivity index (χ1) is 21.8. The predicted molar refractivity (Wildman–Crippen MR) is 179 cm³/mol. The zero-order valence-corrected chi connectivity index (χ0v) is 24.1. The summed E-state index contributed by atoms with van der Waals surface area (Å²) in [6.07, 6.45) is 1.93. The van der Waals surface area contributed by atoms with Gasteiger partial charge in [0.1, 0.15) is 5.82 Å². The summed E-state index contributed by atoms with van der Waals surface area (Å²) in [6.45, 7) is 0. The van der Waals surface area contributed by atoms with Gasteiger partial charge in [-0.3, -0.25) is 4.57 Å². The van der Waals surface area contributed by atoms with E-state index in [0.717, 1.165) is 41.3 Å². The van der Waals surface area contributed by atoms with E-state index in [2.05, 4.69) is 130 Å². The Kier molecular flexibility index (Phi) is 5.60. The molecule has 0 amide bonds. The highest BCUT2D eigenvalue weighted by atomic mass is 15.1. The van der Waals surface area contributed by atoms with Gasteiger partial charge < -0.3 is 4.57 Å². The van der Waals surface area contributed by atoms with Crippen molar-refractivity contribution >= 4 is 21.8 Å². The molecule has 0 bridgehead atoms. The zero-order valence-electron chi connectivity index (χ0n) is 24.1. The maximum absolute atomic E-state index is 5.29. The molecule has 5 aromatic carbocycles. The van der Waals surface area contributed by atoms with Crippen LogP contribution in [0.4, 0.5) is 0 Å².